The smallest absolute Gasteiger partial charge is 0.255 e. The Morgan fingerprint density at radius 1 is 1.14 bits per heavy atom. The predicted octanol–water partition coefficient (Wildman–Crippen LogP) is 4.24. The fourth-order valence-corrected chi connectivity index (χ4v) is 5.29. The van der Waals surface area contributed by atoms with Crippen LogP contribution in [0.3, 0.4) is 0 Å². The normalized spacial score (nSPS) is 14.8. The number of benzene rings is 2. The molecular weight excluding hydrogens is 444 g/mol. The van der Waals surface area contributed by atoms with E-state index in [4.69, 9.17) is 4.74 Å². The van der Waals surface area contributed by atoms with Crippen LogP contribution in [0, 0.1) is 6.92 Å². The quantitative estimate of drug-likeness (QED) is 0.666. The van der Waals surface area contributed by atoms with Gasteiger partial charge in [0.2, 0.25) is 10.0 Å². The largest absolute Gasteiger partial charge is 0.495 e. The summed E-state index contributed by atoms with van der Waals surface area (Å²) in [6.07, 6.45) is 3.67. The maximum Gasteiger partial charge on any atom is 0.255 e. The first-order valence-electron chi connectivity index (χ1n) is 9.08. The van der Waals surface area contributed by atoms with Gasteiger partial charge in [-0.05, 0) is 61.7 Å². The molecule has 150 valence electrons. The molecule has 0 spiro atoms. The Labute approximate surface area is 173 Å². The number of anilines is 1. The zero-order valence-corrected chi connectivity index (χ0v) is 18.2. The molecule has 0 heterocycles. The highest BCUT2D eigenvalue weighted by molar-refractivity contribution is 9.10. The van der Waals surface area contributed by atoms with Crippen LogP contribution >= 0.6 is 15.9 Å². The van der Waals surface area contributed by atoms with E-state index >= 15 is 0 Å². The minimum atomic E-state index is -3.79. The Morgan fingerprint density at radius 3 is 2.50 bits per heavy atom. The molecule has 0 atom stereocenters. The molecule has 6 nitrogen and oxygen atoms in total. The van der Waals surface area contributed by atoms with Crippen LogP contribution in [0.5, 0.6) is 5.75 Å². The van der Waals surface area contributed by atoms with Gasteiger partial charge in [-0.1, -0.05) is 28.8 Å². The van der Waals surface area contributed by atoms with Crippen molar-refractivity contribution in [2.45, 2.75) is 43.5 Å². The van der Waals surface area contributed by atoms with Gasteiger partial charge in [0.25, 0.3) is 5.91 Å². The van der Waals surface area contributed by atoms with Gasteiger partial charge >= 0.3 is 0 Å². The van der Waals surface area contributed by atoms with E-state index in [1.807, 2.05) is 19.1 Å². The third kappa shape index (κ3) is 4.74. The third-order valence-corrected chi connectivity index (χ3v) is 6.86. The van der Waals surface area contributed by atoms with Crippen LogP contribution in [0.1, 0.15) is 41.6 Å². The fourth-order valence-electron chi connectivity index (χ4n) is 3.32. The average Bonchev–Trinajstić information content (AvgIpc) is 3.15. The summed E-state index contributed by atoms with van der Waals surface area (Å²) < 4.78 is 34.6. The van der Waals surface area contributed by atoms with E-state index in [9.17, 15) is 13.2 Å². The standard InChI is InChI=1S/C20H23BrN2O4S/c1-13-11-15(21)8-9-17(13)22-20(24)14-7-10-18(27-2)19(12-14)28(25,26)23-16-5-3-4-6-16/h7-12,16,23H,3-6H2,1-2H3,(H,22,24). The highest BCUT2D eigenvalue weighted by Crippen LogP contribution is 2.28. The molecule has 0 saturated heterocycles. The fraction of sp³-hybridized carbons (Fsp3) is 0.350. The Balaban J connectivity index is 1.88. The summed E-state index contributed by atoms with van der Waals surface area (Å²) in [4.78, 5) is 12.7. The predicted molar refractivity (Wildman–Crippen MR) is 112 cm³/mol. The number of hydrogen-bond donors (Lipinski definition) is 2. The lowest BCUT2D eigenvalue weighted by Crippen LogP contribution is -2.33. The van der Waals surface area contributed by atoms with Gasteiger partial charge in [0.05, 0.1) is 7.11 Å². The molecule has 3 rings (SSSR count). The second-order valence-electron chi connectivity index (χ2n) is 6.88. The van der Waals surface area contributed by atoms with Crippen molar-refractivity contribution in [3.8, 4) is 5.75 Å². The zero-order chi connectivity index (χ0) is 20.3. The molecule has 0 unspecified atom stereocenters. The summed E-state index contributed by atoms with van der Waals surface area (Å²) >= 11 is 3.39. The van der Waals surface area contributed by atoms with Gasteiger partial charge in [0.1, 0.15) is 10.6 Å². The van der Waals surface area contributed by atoms with Crippen molar-refractivity contribution in [2.24, 2.45) is 0 Å². The first-order chi connectivity index (χ1) is 13.3. The van der Waals surface area contributed by atoms with Crippen LogP contribution < -0.4 is 14.8 Å². The van der Waals surface area contributed by atoms with Gasteiger partial charge in [-0.2, -0.15) is 0 Å². The topological polar surface area (TPSA) is 84.5 Å². The summed E-state index contributed by atoms with van der Waals surface area (Å²) in [5.74, 6) is -0.174. The van der Waals surface area contributed by atoms with Crippen molar-refractivity contribution < 1.29 is 17.9 Å². The monoisotopic (exact) mass is 466 g/mol. The van der Waals surface area contributed by atoms with E-state index in [-0.39, 0.29) is 28.2 Å². The number of carbonyl (C=O) groups excluding carboxylic acids is 1. The van der Waals surface area contributed by atoms with E-state index in [0.29, 0.717) is 5.69 Å². The van der Waals surface area contributed by atoms with Crippen molar-refractivity contribution in [1.29, 1.82) is 0 Å². The highest BCUT2D eigenvalue weighted by Gasteiger charge is 2.26. The molecule has 1 saturated carbocycles. The van der Waals surface area contributed by atoms with E-state index in [2.05, 4.69) is 26.0 Å². The van der Waals surface area contributed by atoms with Crippen molar-refractivity contribution in [1.82, 2.24) is 4.72 Å². The van der Waals surface area contributed by atoms with Gasteiger partial charge in [-0.3, -0.25) is 4.79 Å². The molecule has 1 aliphatic rings. The number of halogens is 1. The first kappa shape index (κ1) is 20.8. The number of aryl methyl sites for hydroxylation is 1. The maximum absolute atomic E-state index is 12.9. The van der Waals surface area contributed by atoms with Gasteiger partial charge in [0.15, 0.2) is 0 Å². The van der Waals surface area contributed by atoms with Gasteiger partial charge in [0, 0.05) is 21.8 Å². The van der Waals surface area contributed by atoms with Crippen molar-refractivity contribution in [3.63, 3.8) is 0 Å². The van der Waals surface area contributed by atoms with Crippen molar-refractivity contribution in [3.05, 3.63) is 52.0 Å². The molecule has 0 aromatic heterocycles. The zero-order valence-electron chi connectivity index (χ0n) is 15.8. The van der Waals surface area contributed by atoms with Crippen LogP contribution in [-0.2, 0) is 10.0 Å². The molecule has 2 aromatic rings. The number of hydrogen-bond acceptors (Lipinski definition) is 4. The van der Waals surface area contributed by atoms with Crippen LogP contribution in [0.25, 0.3) is 0 Å². The molecule has 28 heavy (non-hydrogen) atoms. The Morgan fingerprint density at radius 2 is 1.86 bits per heavy atom. The minimum absolute atomic E-state index is 0.0259. The molecule has 1 aliphatic carbocycles. The lowest BCUT2D eigenvalue weighted by atomic mass is 10.1. The molecule has 8 heteroatoms. The summed E-state index contributed by atoms with van der Waals surface area (Å²) in [5, 5.41) is 2.83. The summed E-state index contributed by atoms with van der Waals surface area (Å²) in [6, 6.07) is 9.87. The van der Waals surface area contributed by atoms with Crippen LogP contribution in [0.4, 0.5) is 5.69 Å². The van der Waals surface area contributed by atoms with Gasteiger partial charge in [-0.25, -0.2) is 13.1 Å². The lowest BCUT2D eigenvalue weighted by molar-refractivity contribution is 0.102. The number of nitrogens with one attached hydrogen (secondary N) is 2. The van der Waals surface area contributed by atoms with E-state index in [1.165, 1.54) is 19.2 Å². The second-order valence-corrected chi connectivity index (χ2v) is 9.48. The molecule has 0 radical (unpaired) electrons. The third-order valence-electron chi connectivity index (χ3n) is 4.83. The van der Waals surface area contributed by atoms with Crippen molar-refractivity contribution >= 4 is 37.5 Å². The van der Waals surface area contributed by atoms with E-state index in [1.54, 1.807) is 12.1 Å². The second kappa shape index (κ2) is 8.63. The molecule has 2 aromatic carbocycles. The number of carbonyl (C=O) groups is 1. The van der Waals surface area contributed by atoms with Crippen LogP contribution in [0.15, 0.2) is 45.8 Å². The summed E-state index contributed by atoms with van der Waals surface area (Å²) in [6.45, 7) is 1.88. The van der Waals surface area contributed by atoms with Crippen LogP contribution in [0.2, 0.25) is 0 Å². The molecular formula is C20H23BrN2O4S. The molecule has 2 N–H and O–H groups in total. The number of ether oxygens (including phenoxy) is 1. The average molecular weight is 467 g/mol. The number of sulfonamides is 1. The molecule has 0 bridgehead atoms. The lowest BCUT2D eigenvalue weighted by Gasteiger charge is -2.16. The summed E-state index contributed by atoms with van der Waals surface area (Å²) in [5.41, 5.74) is 1.81. The van der Waals surface area contributed by atoms with E-state index < -0.39 is 10.0 Å². The van der Waals surface area contributed by atoms with Gasteiger partial charge in [-0.15, -0.1) is 0 Å². The number of amides is 1. The molecule has 0 aliphatic heterocycles. The van der Waals surface area contributed by atoms with Gasteiger partial charge < -0.3 is 10.1 Å². The maximum atomic E-state index is 12.9. The summed E-state index contributed by atoms with van der Waals surface area (Å²) in [7, 11) is -2.38. The Bertz CT molecular complexity index is 986. The minimum Gasteiger partial charge on any atom is -0.495 e. The number of methoxy groups -OCH3 is 1. The first-order valence-corrected chi connectivity index (χ1v) is 11.4. The highest BCUT2D eigenvalue weighted by atomic mass is 79.9. The molecule has 1 fully saturated rings. The van der Waals surface area contributed by atoms with E-state index in [0.717, 1.165) is 35.7 Å². The Kier molecular flexibility index (Phi) is 6.42. The van der Waals surface area contributed by atoms with Crippen molar-refractivity contribution in [2.75, 3.05) is 12.4 Å². The molecule has 1 amide bonds. The SMILES string of the molecule is COc1ccc(C(=O)Nc2ccc(Br)cc2C)cc1S(=O)(=O)NC1CCCC1. The Hall–Kier alpha value is -1.90. The number of rotatable bonds is 6. The van der Waals surface area contributed by atoms with Crippen LogP contribution in [-0.4, -0.2) is 27.5 Å².